The molecule has 180 valence electrons. The van der Waals surface area contributed by atoms with Gasteiger partial charge in [-0.1, -0.05) is 17.7 Å². The van der Waals surface area contributed by atoms with Crippen LogP contribution in [0, 0.1) is 6.92 Å². The molecule has 0 aliphatic carbocycles. The Labute approximate surface area is 200 Å². The van der Waals surface area contributed by atoms with Crippen molar-refractivity contribution in [1.82, 2.24) is 0 Å². The molecule has 0 unspecified atom stereocenters. The molecule has 3 aromatic rings. The van der Waals surface area contributed by atoms with Crippen molar-refractivity contribution < 1.29 is 27.4 Å². The van der Waals surface area contributed by atoms with E-state index in [1.165, 1.54) is 32.4 Å². The van der Waals surface area contributed by atoms with Crippen molar-refractivity contribution in [2.24, 2.45) is 0 Å². The highest BCUT2D eigenvalue weighted by Crippen LogP contribution is 2.32. The van der Waals surface area contributed by atoms with Crippen LogP contribution in [0.4, 0.5) is 11.4 Å². The van der Waals surface area contributed by atoms with Gasteiger partial charge in [-0.3, -0.25) is 9.10 Å². The van der Waals surface area contributed by atoms with Gasteiger partial charge in [0.2, 0.25) is 5.91 Å². The lowest BCUT2D eigenvalue weighted by Crippen LogP contribution is -2.38. The van der Waals surface area contributed by atoms with E-state index < -0.39 is 22.5 Å². The zero-order valence-corrected chi connectivity index (χ0v) is 20.4. The number of sulfonamides is 1. The number of ether oxygens (including phenoxy) is 3. The van der Waals surface area contributed by atoms with E-state index in [4.69, 9.17) is 14.2 Å². The van der Waals surface area contributed by atoms with Gasteiger partial charge in [-0.05, 0) is 62.4 Å². The SMILES string of the molecule is CCOc1ccc(NC(=O)CN(c2ccc(C)cc2)S(=O)(=O)c2ccc(OC)c(OC)c2)cc1. The minimum atomic E-state index is -4.11. The number of aryl methyl sites for hydroxylation is 1. The van der Waals surface area contributed by atoms with E-state index in [1.54, 1.807) is 48.5 Å². The number of rotatable bonds is 10. The van der Waals surface area contributed by atoms with Crippen LogP contribution < -0.4 is 23.8 Å². The molecule has 0 spiro atoms. The Hall–Kier alpha value is -3.72. The highest BCUT2D eigenvalue weighted by molar-refractivity contribution is 7.92. The van der Waals surface area contributed by atoms with Gasteiger partial charge in [0.15, 0.2) is 11.5 Å². The van der Waals surface area contributed by atoms with Gasteiger partial charge in [0, 0.05) is 11.8 Å². The molecule has 0 aliphatic rings. The molecule has 0 aromatic heterocycles. The molecule has 0 saturated carbocycles. The number of nitrogens with one attached hydrogen (secondary N) is 1. The average molecular weight is 485 g/mol. The van der Waals surface area contributed by atoms with Gasteiger partial charge in [-0.15, -0.1) is 0 Å². The number of nitrogens with zero attached hydrogens (tertiary/aromatic N) is 1. The van der Waals surface area contributed by atoms with Crippen molar-refractivity contribution in [3.8, 4) is 17.2 Å². The van der Waals surface area contributed by atoms with Crippen LogP contribution in [0.2, 0.25) is 0 Å². The van der Waals surface area contributed by atoms with E-state index in [1.807, 2.05) is 13.8 Å². The Morgan fingerprint density at radius 3 is 2.15 bits per heavy atom. The summed E-state index contributed by atoms with van der Waals surface area (Å²) in [6, 6.07) is 18.1. The van der Waals surface area contributed by atoms with Crippen molar-refractivity contribution >= 4 is 27.3 Å². The molecule has 0 bridgehead atoms. The summed E-state index contributed by atoms with van der Waals surface area (Å²) < 4.78 is 44.2. The summed E-state index contributed by atoms with van der Waals surface area (Å²) in [5, 5.41) is 2.74. The molecule has 3 rings (SSSR count). The number of amides is 1. The van der Waals surface area contributed by atoms with Crippen molar-refractivity contribution in [2.45, 2.75) is 18.7 Å². The zero-order valence-electron chi connectivity index (χ0n) is 19.6. The fraction of sp³-hybridized carbons (Fsp3) is 0.240. The summed E-state index contributed by atoms with van der Waals surface area (Å²) in [5.74, 6) is 0.856. The second kappa shape index (κ2) is 10.9. The second-order valence-corrected chi connectivity index (χ2v) is 9.23. The third kappa shape index (κ3) is 5.79. The molecule has 1 amide bonds. The Balaban J connectivity index is 1.92. The number of hydrogen-bond donors (Lipinski definition) is 1. The largest absolute Gasteiger partial charge is 0.494 e. The Bertz CT molecular complexity index is 1230. The van der Waals surface area contributed by atoms with Crippen LogP contribution in [0.25, 0.3) is 0 Å². The number of anilines is 2. The van der Waals surface area contributed by atoms with Gasteiger partial charge in [-0.2, -0.15) is 0 Å². The lowest BCUT2D eigenvalue weighted by molar-refractivity contribution is -0.114. The molecule has 3 aromatic carbocycles. The summed E-state index contributed by atoms with van der Waals surface area (Å²) in [6.45, 7) is 3.89. The van der Waals surface area contributed by atoms with Crippen LogP contribution in [-0.2, 0) is 14.8 Å². The van der Waals surface area contributed by atoms with Crippen molar-refractivity contribution in [1.29, 1.82) is 0 Å². The maximum Gasteiger partial charge on any atom is 0.264 e. The van der Waals surface area contributed by atoms with Crippen LogP contribution in [0.5, 0.6) is 17.2 Å². The minimum absolute atomic E-state index is 0.0282. The van der Waals surface area contributed by atoms with Crippen molar-refractivity contribution in [3.63, 3.8) is 0 Å². The third-order valence-corrected chi connectivity index (χ3v) is 6.77. The third-order valence-electron chi connectivity index (χ3n) is 5.00. The van der Waals surface area contributed by atoms with E-state index in [9.17, 15) is 13.2 Å². The molecule has 0 radical (unpaired) electrons. The quantitative estimate of drug-likeness (QED) is 0.463. The lowest BCUT2D eigenvalue weighted by atomic mass is 10.2. The minimum Gasteiger partial charge on any atom is -0.494 e. The van der Waals surface area contributed by atoms with Crippen LogP contribution in [0.3, 0.4) is 0 Å². The number of methoxy groups -OCH3 is 2. The number of carbonyl (C=O) groups is 1. The van der Waals surface area contributed by atoms with Gasteiger partial charge < -0.3 is 19.5 Å². The molecular formula is C25H28N2O6S. The molecule has 0 saturated heterocycles. The molecule has 0 fully saturated rings. The molecule has 9 heteroatoms. The number of hydrogen-bond acceptors (Lipinski definition) is 6. The van der Waals surface area contributed by atoms with Gasteiger partial charge in [-0.25, -0.2) is 8.42 Å². The molecule has 34 heavy (non-hydrogen) atoms. The maximum atomic E-state index is 13.6. The monoisotopic (exact) mass is 484 g/mol. The fourth-order valence-corrected chi connectivity index (χ4v) is 4.70. The smallest absolute Gasteiger partial charge is 0.264 e. The van der Waals surface area contributed by atoms with Crippen LogP contribution in [0.15, 0.2) is 71.6 Å². The number of carbonyl (C=O) groups excluding carboxylic acids is 1. The molecule has 0 heterocycles. The average Bonchev–Trinajstić information content (AvgIpc) is 2.84. The number of benzene rings is 3. The highest BCUT2D eigenvalue weighted by atomic mass is 32.2. The topological polar surface area (TPSA) is 94.2 Å². The molecular weight excluding hydrogens is 456 g/mol. The summed E-state index contributed by atoms with van der Waals surface area (Å²) in [7, 11) is -1.21. The van der Waals surface area contributed by atoms with Gasteiger partial charge in [0.1, 0.15) is 12.3 Å². The van der Waals surface area contributed by atoms with Crippen molar-refractivity contribution in [2.75, 3.05) is 37.0 Å². The summed E-state index contributed by atoms with van der Waals surface area (Å²) in [6.07, 6.45) is 0. The lowest BCUT2D eigenvalue weighted by Gasteiger charge is -2.24. The second-order valence-electron chi connectivity index (χ2n) is 7.37. The maximum absolute atomic E-state index is 13.6. The predicted octanol–water partition coefficient (Wildman–Crippen LogP) is 4.24. The first-order valence-corrected chi connectivity index (χ1v) is 12.1. The molecule has 1 N–H and O–H groups in total. The predicted molar refractivity (Wildman–Crippen MR) is 131 cm³/mol. The van der Waals surface area contributed by atoms with E-state index >= 15 is 0 Å². The van der Waals surface area contributed by atoms with Crippen molar-refractivity contribution in [3.05, 3.63) is 72.3 Å². The van der Waals surface area contributed by atoms with E-state index in [0.717, 1.165) is 9.87 Å². The van der Waals surface area contributed by atoms with E-state index in [-0.39, 0.29) is 10.6 Å². The normalized spacial score (nSPS) is 10.9. The highest BCUT2D eigenvalue weighted by Gasteiger charge is 2.28. The summed E-state index contributed by atoms with van der Waals surface area (Å²) in [4.78, 5) is 12.9. The van der Waals surface area contributed by atoms with Crippen LogP contribution in [-0.4, -0.2) is 41.7 Å². The molecule has 0 aliphatic heterocycles. The Morgan fingerprint density at radius 1 is 0.912 bits per heavy atom. The van der Waals surface area contributed by atoms with Gasteiger partial charge in [0.05, 0.1) is 31.4 Å². The van der Waals surface area contributed by atoms with Crippen LogP contribution in [0.1, 0.15) is 12.5 Å². The van der Waals surface area contributed by atoms with Gasteiger partial charge in [0.25, 0.3) is 10.0 Å². The first-order chi connectivity index (χ1) is 16.3. The fourth-order valence-electron chi connectivity index (χ4n) is 3.26. The van der Waals surface area contributed by atoms with Crippen LogP contribution >= 0.6 is 0 Å². The van der Waals surface area contributed by atoms with E-state index in [0.29, 0.717) is 29.5 Å². The summed E-state index contributed by atoms with van der Waals surface area (Å²) >= 11 is 0. The molecule has 8 nitrogen and oxygen atoms in total. The standard InChI is InChI=1S/C25H28N2O6S/c1-5-33-21-12-8-19(9-13-21)26-25(28)17-27(20-10-6-18(2)7-11-20)34(29,30)22-14-15-23(31-3)24(16-22)32-4/h6-16H,5,17H2,1-4H3,(H,26,28). The zero-order chi connectivity index (χ0) is 24.7. The van der Waals surface area contributed by atoms with Gasteiger partial charge >= 0.3 is 0 Å². The first kappa shape index (κ1) is 24.9. The first-order valence-electron chi connectivity index (χ1n) is 10.6. The summed E-state index contributed by atoms with van der Waals surface area (Å²) in [5.41, 5.74) is 1.86. The van der Waals surface area contributed by atoms with E-state index in [2.05, 4.69) is 5.32 Å². The Morgan fingerprint density at radius 2 is 1.56 bits per heavy atom. The molecule has 0 atom stereocenters. The Kier molecular flexibility index (Phi) is 8.01.